The van der Waals surface area contributed by atoms with Crippen molar-refractivity contribution in [3.05, 3.63) is 107 Å². The zero-order chi connectivity index (χ0) is 16.4. The molecule has 2 heterocycles. The molecule has 4 rings (SSSR count). The van der Waals surface area contributed by atoms with E-state index in [1.807, 2.05) is 78.9 Å². The van der Waals surface area contributed by atoms with Crippen LogP contribution in [-0.2, 0) is 5.54 Å². The highest BCUT2D eigenvalue weighted by Gasteiger charge is 2.43. The highest BCUT2D eigenvalue weighted by atomic mass is 16.2. The number of fused-ring (bicyclic) bond motifs is 1. The van der Waals surface area contributed by atoms with Crippen LogP contribution < -0.4 is 5.32 Å². The minimum Gasteiger partial charge on any atom is -0.333 e. The molecule has 0 unspecified atom stereocenters. The summed E-state index contributed by atoms with van der Waals surface area (Å²) in [6.45, 7) is 0. The maximum atomic E-state index is 12.5. The van der Waals surface area contributed by atoms with Gasteiger partial charge >= 0.3 is 0 Å². The number of amides is 1. The molecule has 0 bridgehead atoms. The summed E-state index contributed by atoms with van der Waals surface area (Å²) < 4.78 is 0. The molecule has 0 fully saturated rings. The summed E-state index contributed by atoms with van der Waals surface area (Å²) in [5.74, 6) is -0.0975. The van der Waals surface area contributed by atoms with Crippen LogP contribution in [-0.4, -0.2) is 10.9 Å². The number of rotatable bonds is 3. The van der Waals surface area contributed by atoms with Crippen molar-refractivity contribution in [1.29, 1.82) is 0 Å². The van der Waals surface area contributed by atoms with E-state index < -0.39 is 5.54 Å². The third-order valence-corrected chi connectivity index (χ3v) is 4.29. The Balaban J connectivity index is 1.90. The Hall–Kier alpha value is -3.20. The maximum Gasteiger partial charge on any atom is 0.254 e. The number of carbonyl (C=O) groups excluding carboxylic acids is 1. The van der Waals surface area contributed by atoms with Gasteiger partial charge in [0.2, 0.25) is 0 Å². The summed E-state index contributed by atoms with van der Waals surface area (Å²) in [5, 5.41) is 3.13. The van der Waals surface area contributed by atoms with Crippen LogP contribution in [0.5, 0.6) is 0 Å². The second-order valence-corrected chi connectivity index (χ2v) is 5.77. The second-order valence-electron chi connectivity index (χ2n) is 5.77. The van der Waals surface area contributed by atoms with E-state index in [1.54, 1.807) is 12.3 Å². The van der Waals surface area contributed by atoms with Crippen LogP contribution in [0, 0.1) is 0 Å². The van der Waals surface area contributed by atoms with Crippen LogP contribution >= 0.6 is 0 Å². The molecule has 3 aromatic rings. The first kappa shape index (κ1) is 14.4. The predicted octanol–water partition coefficient (Wildman–Crippen LogP) is 3.78. The standard InChI is InChI=1S/C21H16N2O/c24-20-18-12-7-15-22-19(18)21(23-20,17-10-5-2-6-11-17)14-13-16-8-3-1-4-9-16/h1-15H,(H,23,24)/b14-13+/t21-/m0/s1. The van der Waals surface area contributed by atoms with Gasteiger partial charge < -0.3 is 5.32 Å². The monoisotopic (exact) mass is 312 g/mol. The molecule has 24 heavy (non-hydrogen) atoms. The maximum absolute atomic E-state index is 12.5. The van der Waals surface area contributed by atoms with Crippen molar-refractivity contribution in [3.8, 4) is 0 Å². The summed E-state index contributed by atoms with van der Waals surface area (Å²) >= 11 is 0. The van der Waals surface area contributed by atoms with E-state index in [9.17, 15) is 4.79 Å². The molecule has 1 aliphatic rings. The molecule has 0 saturated heterocycles. The first-order valence-electron chi connectivity index (χ1n) is 7.87. The Kier molecular flexibility index (Phi) is 3.47. The quantitative estimate of drug-likeness (QED) is 0.799. The smallest absolute Gasteiger partial charge is 0.254 e. The highest BCUT2D eigenvalue weighted by Crippen LogP contribution is 2.37. The molecule has 0 spiro atoms. The van der Waals surface area contributed by atoms with Gasteiger partial charge in [0.15, 0.2) is 0 Å². The number of hydrogen-bond acceptors (Lipinski definition) is 2. The molecule has 3 heteroatoms. The Labute approximate surface area is 140 Å². The van der Waals surface area contributed by atoms with Crippen LogP contribution in [0.25, 0.3) is 6.08 Å². The van der Waals surface area contributed by atoms with E-state index in [0.29, 0.717) is 5.56 Å². The van der Waals surface area contributed by atoms with Gasteiger partial charge in [-0.05, 0) is 29.3 Å². The van der Waals surface area contributed by atoms with Gasteiger partial charge in [0, 0.05) is 6.20 Å². The summed E-state index contributed by atoms with van der Waals surface area (Å²) in [5.41, 5.74) is 2.69. The first-order chi connectivity index (χ1) is 11.8. The molecule has 1 aliphatic heterocycles. The summed E-state index contributed by atoms with van der Waals surface area (Å²) in [6, 6.07) is 23.6. The van der Waals surface area contributed by atoms with Crippen LogP contribution in [0.15, 0.2) is 85.1 Å². The lowest BCUT2D eigenvalue weighted by molar-refractivity contribution is 0.0950. The van der Waals surface area contributed by atoms with E-state index in [1.165, 1.54) is 0 Å². The van der Waals surface area contributed by atoms with Gasteiger partial charge in [0.05, 0.1) is 11.3 Å². The van der Waals surface area contributed by atoms with Crippen molar-refractivity contribution < 1.29 is 4.79 Å². The molecule has 116 valence electrons. The fourth-order valence-electron chi connectivity index (χ4n) is 3.12. The number of nitrogens with zero attached hydrogens (tertiary/aromatic N) is 1. The lowest BCUT2D eigenvalue weighted by Crippen LogP contribution is -2.39. The minimum absolute atomic E-state index is 0.0975. The zero-order valence-corrected chi connectivity index (χ0v) is 13.0. The molecule has 0 aliphatic carbocycles. The van der Waals surface area contributed by atoms with Crippen LogP contribution in [0.4, 0.5) is 0 Å². The Bertz CT molecular complexity index is 903. The van der Waals surface area contributed by atoms with Crippen molar-refractivity contribution in [2.75, 3.05) is 0 Å². The normalized spacial score (nSPS) is 19.2. The molecule has 1 amide bonds. The average molecular weight is 312 g/mol. The van der Waals surface area contributed by atoms with Crippen LogP contribution in [0.1, 0.15) is 27.2 Å². The van der Waals surface area contributed by atoms with Gasteiger partial charge in [-0.3, -0.25) is 9.78 Å². The van der Waals surface area contributed by atoms with Gasteiger partial charge in [-0.15, -0.1) is 0 Å². The Morgan fingerprint density at radius 2 is 1.58 bits per heavy atom. The van der Waals surface area contributed by atoms with Crippen molar-refractivity contribution in [1.82, 2.24) is 10.3 Å². The molecule has 1 N–H and O–H groups in total. The molecular formula is C21H16N2O. The van der Waals surface area contributed by atoms with Gasteiger partial charge in [-0.25, -0.2) is 0 Å². The summed E-state index contributed by atoms with van der Waals surface area (Å²) in [6.07, 6.45) is 5.78. The number of nitrogens with one attached hydrogen (secondary N) is 1. The number of carbonyl (C=O) groups is 1. The number of benzene rings is 2. The molecule has 0 radical (unpaired) electrons. The number of aromatic nitrogens is 1. The average Bonchev–Trinajstić information content (AvgIpc) is 2.95. The van der Waals surface area contributed by atoms with Crippen molar-refractivity contribution >= 4 is 12.0 Å². The van der Waals surface area contributed by atoms with E-state index >= 15 is 0 Å². The van der Waals surface area contributed by atoms with Crippen molar-refractivity contribution in [3.63, 3.8) is 0 Å². The zero-order valence-electron chi connectivity index (χ0n) is 13.0. The highest BCUT2D eigenvalue weighted by molar-refractivity contribution is 6.00. The largest absolute Gasteiger partial charge is 0.333 e. The van der Waals surface area contributed by atoms with Gasteiger partial charge in [0.1, 0.15) is 5.54 Å². The third kappa shape index (κ3) is 2.31. The summed E-state index contributed by atoms with van der Waals surface area (Å²) in [7, 11) is 0. The molecular weight excluding hydrogens is 296 g/mol. The first-order valence-corrected chi connectivity index (χ1v) is 7.87. The minimum atomic E-state index is -0.745. The van der Waals surface area contributed by atoms with E-state index in [2.05, 4.69) is 10.3 Å². The molecule has 1 atom stereocenters. The lowest BCUT2D eigenvalue weighted by atomic mass is 9.86. The predicted molar refractivity (Wildman–Crippen MR) is 94.4 cm³/mol. The molecule has 2 aromatic carbocycles. The van der Waals surface area contributed by atoms with E-state index in [-0.39, 0.29) is 5.91 Å². The summed E-state index contributed by atoms with van der Waals surface area (Å²) in [4.78, 5) is 17.0. The lowest BCUT2D eigenvalue weighted by Gasteiger charge is -2.26. The van der Waals surface area contributed by atoms with Gasteiger partial charge in [0.25, 0.3) is 5.91 Å². The van der Waals surface area contributed by atoms with Gasteiger partial charge in [-0.2, -0.15) is 0 Å². The fourth-order valence-corrected chi connectivity index (χ4v) is 3.12. The van der Waals surface area contributed by atoms with Crippen LogP contribution in [0.3, 0.4) is 0 Å². The molecule has 0 saturated carbocycles. The third-order valence-electron chi connectivity index (χ3n) is 4.29. The number of hydrogen-bond donors (Lipinski definition) is 1. The van der Waals surface area contributed by atoms with E-state index in [4.69, 9.17) is 0 Å². The fraction of sp³-hybridized carbons (Fsp3) is 0.0476. The Morgan fingerprint density at radius 1 is 0.875 bits per heavy atom. The molecule has 1 aromatic heterocycles. The number of pyridine rings is 1. The SMILES string of the molecule is O=C1N[C@@](/C=C/c2ccccc2)(c2ccccc2)c2ncccc21. The van der Waals surface area contributed by atoms with E-state index in [0.717, 1.165) is 16.8 Å². The van der Waals surface area contributed by atoms with Crippen molar-refractivity contribution in [2.24, 2.45) is 0 Å². The topological polar surface area (TPSA) is 42.0 Å². The van der Waals surface area contributed by atoms with Crippen molar-refractivity contribution in [2.45, 2.75) is 5.54 Å². The second kappa shape index (κ2) is 5.78. The Morgan fingerprint density at radius 3 is 2.33 bits per heavy atom. The van der Waals surface area contributed by atoms with Crippen LogP contribution in [0.2, 0.25) is 0 Å². The molecule has 3 nitrogen and oxygen atoms in total. The van der Waals surface area contributed by atoms with Gasteiger partial charge in [-0.1, -0.05) is 66.7 Å².